The van der Waals surface area contributed by atoms with Crippen molar-refractivity contribution in [3.05, 3.63) is 63.9 Å². The van der Waals surface area contributed by atoms with E-state index in [9.17, 15) is 18.3 Å². The zero-order chi connectivity index (χ0) is 21.4. The average Bonchev–Trinajstić information content (AvgIpc) is 3.08. The van der Waals surface area contributed by atoms with Crippen molar-refractivity contribution >= 4 is 33.5 Å². The molecule has 0 amide bonds. The van der Waals surface area contributed by atoms with Gasteiger partial charge >= 0.3 is 35.5 Å². The maximum Gasteiger partial charge on any atom is 1.00 e. The van der Waals surface area contributed by atoms with Gasteiger partial charge in [0.05, 0.1) is 0 Å². The van der Waals surface area contributed by atoms with Crippen molar-refractivity contribution in [1.29, 1.82) is 0 Å². The molecule has 30 heavy (non-hydrogen) atoms. The molecule has 0 radical (unpaired) electrons. The molecule has 0 saturated carbocycles. The number of carbonyl (C=O) groups is 1. The van der Waals surface area contributed by atoms with Crippen molar-refractivity contribution in [3.63, 3.8) is 0 Å². The summed E-state index contributed by atoms with van der Waals surface area (Å²) in [6.07, 6.45) is 4.02. The van der Waals surface area contributed by atoms with Gasteiger partial charge in [-0.2, -0.15) is 0 Å². The molecule has 0 aromatic heterocycles. The minimum absolute atomic E-state index is 0. The fourth-order valence-electron chi connectivity index (χ4n) is 3.23. The first-order valence-corrected chi connectivity index (χ1v) is 11.3. The fraction of sp³-hybridized carbons (Fsp3) is 0.381. The number of rotatable bonds is 7. The van der Waals surface area contributed by atoms with Gasteiger partial charge in [-0.25, -0.2) is 13.2 Å². The molecule has 158 valence electrons. The van der Waals surface area contributed by atoms with Crippen LogP contribution >= 0.6 is 11.8 Å². The number of anilines is 1. The largest absolute Gasteiger partial charge is 1.00 e. The average molecular weight is 461 g/mol. The van der Waals surface area contributed by atoms with Gasteiger partial charge in [0, 0.05) is 23.5 Å². The van der Waals surface area contributed by atoms with E-state index >= 15 is 0 Å². The van der Waals surface area contributed by atoms with Crippen molar-refractivity contribution in [1.82, 2.24) is 0 Å². The number of unbranched alkanes of at least 4 members (excludes halogenated alkanes) is 2. The Morgan fingerprint density at radius 3 is 2.37 bits per heavy atom. The van der Waals surface area contributed by atoms with Gasteiger partial charge in [0.2, 0.25) is 0 Å². The van der Waals surface area contributed by atoms with E-state index in [0.717, 1.165) is 42.6 Å². The van der Waals surface area contributed by atoms with Gasteiger partial charge in [-0.1, -0.05) is 55.7 Å². The normalized spacial score (nSPS) is 14.9. The summed E-state index contributed by atoms with van der Waals surface area (Å²) in [6.45, 7) is 4.88. The van der Waals surface area contributed by atoms with Gasteiger partial charge in [0.25, 0.3) is 0 Å². The molecule has 1 aliphatic heterocycles. The molecule has 1 aliphatic rings. The van der Waals surface area contributed by atoms with Crippen LogP contribution in [0, 0.1) is 6.92 Å². The summed E-state index contributed by atoms with van der Waals surface area (Å²) in [4.78, 5) is 13.4. The number of carboxylic acids is 1. The third-order valence-electron chi connectivity index (χ3n) is 4.79. The number of carboxylic acid groups (broad SMARTS) is 1. The Hall–Kier alpha value is -1.09. The summed E-state index contributed by atoms with van der Waals surface area (Å²) >= 11 is 4.90. The van der Waals surface area contributed by atoms with Crippen LogP contribution in [-0.2, 0) is 21.2 Å². The third-order valence-corrected chi connectivity index (χ3v) is 6.38. The van der Waals surface area contributed by atoms with Crippen LogP contribution in [0.25, 0.3) is 4.24 Å². The van der Waals surface area contributed by atoms with Gasteiger partial charge in [-0.15, -0.1) is 0 Å². The number of nitrogens with zero attached hydrogens (tertiary/aromatic N) is 2. The number of benzene rings is 2. The molecule has 6 nitrogen and oxygen atoms in total. The Labute approximate surface area is 206 Å². The summed E-state index contributed by atoms with van der Waals surface area (Å²) in [7, 11) is -3.62. The predicted molar refractivity (Wildman–Crippen MR) is 116 cm³/mol. The second kappa shape index (κ2) is 12.7. The minimum atomic E-state index is -3.62. The van der Waals surface area contributed by atoms with Crippen molar-refractivity contribution in [3.8, 4) is 0 Å². The van der Waals surface area contributed by atoms with Gasteiger partial charge < -0.3 is 14.2 Å². The van der Waals surface area contributed by atoms with Crippen LogP contribution in [0.5, 0.6) is 0 Å². The predicted octanol–water partition coefficient (Wildman–Crippen LogP) is 1.91. The number of fused-ring (bicyclic) bond motifs is 1. The van der Waals surface area contributed by atoms with Crippen molar-refractivity contribution < 1.29 is 47.9 Å². The van der Waals surface area contributed by atoms with E-state index in [4.69, 9.17) is 11.8 Å². The molecule has 2 aromatic rings. The van der Waals surface area contributed by atoms with E-state index < -0.39 is 16.0 Å². The van der Waals surface area contributed by atoms with Crippen LogP contribution in [-0.4, -0.2) is 32.1 Å². The summed E-state index contributed by atoms with van der Waals surface area (Å²) in [5.74, 6) is -0.710. The number of para-hydroxylation sites is 1. The number of halogens is 1. The van der Waals surface area contributed by atoms with Gasteiger partial charge in [-0.05, 0) is 37.1 Å². The van der Waals surface area contributed by atoms with E-state index in [0.29, 0.717) is 6.42 Å². The summed E-state index contributed by atoms with van der Waals surface area (Å²) in [5.41, 5.74) is 3.26. The second-order valence-electron chi connectivity index (χ2n) is 6.94. The first-order valence-electron chi connectivity index (χ1n) is 9.52. The monoisotopic (exact) mass is 460 g/mol. The van der Waals surface area contributed by atoms with Crippen LogP contribution in [0.3, 0.4) is 0 Å². The Bertz CT molecular complexity index is 923. The second-order valence-corrected chi connectivity index (χ2v) is 8.92. The van der Waals surface area contributed by atoms with Crippen LogP contribution in [0.2, 0.25) is 0 Å². The van der Waals surface area contributed by atoms with E-state index in [1.54, 1.807) is 12.1 Å². The smallest absolute Gasteiger partial charge is 0.480 e. The maximum atomic E-state index is 11.3. The number of hydrogen-bond donors (Lipinski definition) is 1. The molecule has 1 atom stereocenters. The van der Waals surface area contributed by atoms with Gasteiger partial charge in [-0.3, -0.25) is 11.8 Å². The first-order chi connectivity index (χ1) is 13.8. The molecule has 2 aromatic carbocycles. The molecule has 0 spiro atoms. The third kappa shape index (κ3) is 7.25. The minimum Gasteiger partial charge on any atom is -0.480 e. The van der Waals surface area contributed by atoms with E-state index in [1.807, 2.05) is 36.1 Å². The van der Waals surface area contributed by atoms with Crippen molar-refractivity contribution in [2.45, 2.75) is 50.5 Å². The van der Waals surface area contributed by atoms with Crippen LogP contribution in [0.15, 0.2) is 53.4 Å². The SMILES string of the molecule is CCCCCN1c2ccccc2CC1C(=O)O.Cc1ccc(S(=O)(=O)[N-]Cl)cc1.[Na+]. The zero-order valence-electron chi connectivity index (χ0n) is 17.6. The van der Waals surface area contributed by atoms with Crippen LogP contribution < -0.4 is 34.5 Å². The number of hydrogen-bond acceptors (Lipinski definition) is 4. The molecule has 0 fully saturated rings. The molecular formula is C21H26ClN2NaO4S. The summed E-state index contributed by atoms with van der Waals surface area (Å²) < 4.78 is 24.8. The Morgan fingerprint density at radius 1 is 1.17 bits per heavy atom. The topological polar surface area (TPSA) is 88.8 Å². The number of sulfonamides is 1. The van der Waals surface area contributed by atoms with Gasteiger partial charge in [0.1, 0.15) is 16.1 Å². The van der Waals surface area contributed by atoms with Crippen molar-refractivity contribution in [2.75, 3.05) is 11.4 Å². The van der Waals surface area contributed by atoms with E-state index in [-0.39, 0.29) is 40.5 Å². The summed E-state index contributed by atoms with van der Waals surface area (Å²) in [5, 5.41) is 9.27. The standard InChI is InChI=1S/C14H19NO2.C7H7ClNO2S.Na/c1-2-3-6-9-15-12-8-5-4-7-11(12)10-13(15)14(16)17;1-6-2-4-7(5-3-6)12(10,11)9-8;/h4-5,7-8,13H,2-3,6,9-10H2,1H3,(H,16,17);2-5H,1H3;/q;-1;+1. The maximum absolute atomic E-state index is 11.3. The van der Waals surface area contributed by atoms with E-state index in [1.165, 1.54) is 12.1 Å². The van der Waals surface area contributed by atoms with Crippen molar-refractivity contribution in [2.24, 2.45) is 0 Å². The number of aliphatic carboxylic acids is 1. The molecule has 0 saturated heterocycles. The fourth-order valence-corrected chi connectivity index (χ4v) is 4.03. The molecule has 0 bridgehead atoms. The van der Waals surface area contributed by atoms with Crippen LogP contribution in [0.1, 0.15) is 37.3 Å². The summed E-state index contributed by atoms with van der Waals surface area (Å²) in [6, 6.07) is 14.0. The zero-order valence-corrected chi connectivity index (χ0v) is 21.2. The Kier molecular flexibility index (Phi) is 11.4. The molecule has 9 heteroatoms. The molecule has 0 aliphatic carbocycles. The van der Waals surface area contributed by atoms with Crippen LogP contribution in [0.4, 0.5) is 5.69 Å². The Balaban J connectivity index is 0.000000308. The van der Waals surface area contributed by atoms with E-state index in [2.05, 4.69) is 11.2 Å². The van der Waals surface area contributed by atoms with Gasteiger partial charge in [0.15, 0.2) is 0 Å². The molecule has 1 N–H and O–H groups in total. The first kappa shape index (κ1) is 26.9. The number of aryl methyl sites for hydroxylation is 1. The molecule has 3 rings (SSSR count). The Morgan fingerprint density at radius 2 is 1.80 bits per heavy atom. The molecule has 1 unspecified atom stereocenters. The molecule has 1 heterocycles. The molecular weight excluding hydrogens is 435 g/mol. The quantitative estimate of drug-likeness (QED) is 0.503.